The van der Waals surface area contributed by atoms with E-state index in [1.54, 1.807) is 0 Å². The quantitative estimate of drug-likeness (QED) is 0.873. The fourth-order valence-corrected chi connectivity index (χ4v) is 2.24. The molecule has 110 valence electrons. The van der Waals surface area contributed by atoms with E-state index in [1.807, 2.05) is 38.1 Å². The number of benzene rings is 1. The summed E-state index contributed by atoms with van der Waals surface area (Å²) in [6, 6.07) is 7.43. The van der Waals surface area contributed by atoms with E-state index < -0.39 is 5.97 Å². The van der Waals surface area contributed by atoms with Crippen molar-refractivity contribution in [3.8, 4) is 0 Å². The number of aryl methyl sites for hydroxylation is 1. The van der Waals surface area contributed by atoms with Crippen LogP contribution in [0.25, 0.3) is 10.9 Å². The third-order valence-corrected chi connectivity index (χ3v) is 3.39. The van der Waals surface area contributed by atoms with Gasteiger partial charge in [-0.3, -0.25) is 9.78 Å². The van der Waals surface area contributed by atoms with Crippen LogP contribution in [0.3, 0.4) is 0 Å². The molecule has 1 aromatic heterocycles. The van der Waals surface area contributed by atoms with Gasteiger partial charge in [0.05, 0.1) is 11.1 Å². The number of carbonyl (C=O) groups is 2. The fraction of sp³-hybridized carbons (Fsp3) is 0.312. The number of fused-ring (bicyclic) bond motifs is 1. The summed E-state index contributed by atoms with van der Waals surface area (Å²) in [4.78, 5) is 28.1. The molecule has 0 spiro atoms. The molecule has 5 nitrogen and oxygen atoms in total. The van der Waals surface area contributed by atoms with Gasteiger partial charge in [0.1, 0.15) is 0 Å². The molecular formula is C16H18N2O3. The van der Waals surface area contributed by atoms with Gasteiger partial charge in [-0.1, -0.05) is 25.1 Å². The van der Waals surface area contributed by atoms with E-state index in [2.05, 4.69) is 10.3 Å². The first kappa shape index (κ1) is 15.0. The maximum Gasteiger partial charge on any atom is 0.339 e. The molecule has 0 aliphatic heterocycles. The van der Waals surface area contributed by atoms with E-state index in [9.17, 15) is 9.59 Å². The number of amides is 1. The van der Waals surface area contributed by atoms with Gasteiger partial charge >= 0.3 is 5.97 Å². The first-order chi connectivity index (χ1) is 10.1. The van der Waals surface area contributed by atoms with Crippen LogP contribution in [0.5, 0.6) is 0 Å². The molecule has 1 N–H and O–H groups in total. The summed E-state index contributed by atoms with van der Waals surface area (Å²) in [6.45, 7) is 3.56. The van der Waals surface area contributed by atoms with Crippen LogP contribution < -0.4 is 5.32 Å². The predicted molar refractivity (Wildman–Crippen MR) is 80.2 cm³/mol. The third kappa shape index (κ3) is 3.02. The topological polar surface area (TPSA) is 68.3 Å². The van der Waals surface area contributed by atoms with Gasteiger partial charge < -0.3 is 10.1 Å². The summed E-state index contributed by atoms with van der Waals surface area (Å²) in [7, 11) is 1.50. The summed E-state index contributed by atoms with van der Waals surface area (Å²) < 4.78 is 5.09. The largest absolute Gasteiger partial charge is 0.452 e. The van der Waals surface area contributed by atoms with Crippen LogP contribution in [0, 0.1) is 6.92 Å². The highest BCUT2D eigenvalue weighted by atomic mass is 16.5. The van der Waals surface area contributed by atoms with Crippen molar-refractivity contribution in [1.29, 1.82) is 0 Å². The van der Waals surface area contributed by atoms with Crippen LogP contribution in [0.15, 0.2) is 24.3 Å². The molecule has 0 radical (unpaired) electrons. The van der Waals surface area contributed by atoms with Gasteiger partial charge in [0, 0.05) is 18.1 Å². The Morgan fingerprint density at radius 3 is 2.67 bits per heavy atom. The van der Waals surface area contributed by atoms with Crippen molar-refractivity contribution in [2.24, 2.45) is 0 Å². The van der Waals surface area contributed by atoms with Gasteiger partial charge in [-0.15, -0.1) is 0 Å². The van der Waals surface area contributed by atoms with Crippen molar-refractivity contribution < 1.29 is 14.3 Å². The number of para-hydroxylation sites is 1. The van der Waals surface area contributed by atoms with Gasteiger partial charge in [-0.25, -0.2) is 4.79 Å². The molecule has 1 aromatic carbocycles. The Bertz CT molecular complexity index is 695. The number of pyridine rings is 1. The van der Waals surface area contributed by atoms with E-state index in [4.69, 9.17) is 4.74 Å². The first-order valence-corrected chi connectivity index (χ1v) is 6.84. The maximum absolute atomic E-state index is 12.3. The first-order valence-electron chi connectivity index (χ1n) is 6.84. The summed E-state index contributed by atoms with van der Waals surface area (Å²) in [5, 5.41) is 3.16. The number of nitrogens with zero attached hydrogens (tertiary/aromatic N) is 1. The average Bonchev–Trinajstić information content (AvgIpc) is 2.51. The number of carbonyl (C=O) groups excluding carboxylic acids is 2. The Hall–Kier alpha value is -2.43. The van der Waals surface area contributed by atoms with Gasteiger partial charge in [-0.2, -0.15) is 0 Å². The molecule has 1 amide bonds. The molecule has 0 aliphatic carbocycles. The second kappa shape index (κ2) is 6.35. The number of likely N-dealkylation sites (N-methyl/N-ethyl adjacent to an activating group) is 1. The van der Waals surface area contributed by atoms with Crippen molar-refractivity contribution in [2.75, 3.05) is 13.7 Å². The Kier molecular flexibility index (Phi) is 4.52. The minimum absolute atomic E-state index is 0.285. The molecule has 0 atom stereocenters. The highest BCUT2D eigenvalue weighted by Gasteiger charge is 2.19. The van der Waals surface area contributed by atoms with Crippen molar-refractivity contribution in [2.45, 2.75) is 20.3 Å². The predicted octanol–water partition coefficient (Wildman–Crippen LogP) is 2.01. The molecule has 21 heavy (non-hydrogen) atoms. The standard InChI is InChI=1S/C16H18N2O3/c1-4-12-10(2)15(16(20)21-9-14(19)17-3)11-7-5-6-8-13(11)18-12/h5-8H,4,9H2,1-3H3,(H,17,19). The lowest BCUT2D eigenvalue weighted by atomic mass is 10.0. The summed E-state index contributed by atoms with van der Waals surface area (Å²) >= 11 is 0. The van der Waals surface area contributed by atoms with E-state index in [0.29, 0.717) is 5.56 Å². The normalized spacial score (nSPS) is 10.4. The molecule has 0 bridgehead atoms. The van der Waals surface area contributed by atoms with Gasteiger partial charge in [0.2, 0.25) is 0 Å². The Morgan fingerprint density at radius 2 is 2.00 bits per heavy atom. The zero-order chi connectivity index (χ0) is 15.4. The number of hydrogen-bond acceptors (Lipinski definition) is 4. The number of ether oxygens (including phenoxy) is 1. The zero-order valence-corrected chi connectivity index (χ0v) is 12.4. The lowest BCUT2D eigenvalue weighted by Gasteiger charge is -2.13. The van der Waals surface area contributed by atoms with Crippen LogP contribution in [-0.4, -0.2) is 30.5 Å². The molecule has 2 rings (SSSR count). The molecule has 1 heterocycles. The lowest BCUT2D eigenvalue weighted by molar-refractivity contribution is -0.123. The minimum Gasteiger partial charge on any atom is -0.452 e. The van der Waals surface area contributed by atoms with E-state index in [1.165, 1.54) is 7.05 Å². The van der Waals surface area contributed by atoms with Crippen LogP contribution in [0.1, 0.15) is 28.5 Å². The van der Waals surface area contributed by atoms with Gasteiger partial charge in [-0.05, 0) is 25.0 Å². The molecule has 0 fully saturated rings. The molecule has 0 saturated heterocycles. The molecular weight excluding hydrogens is 268 g/mol. The zero-order valence-electron chi connectivity index (χ0n) is 12.4. The lowest BCUT2D eigenvalue weighted by Crippen LogP contribution is -2.25. The second-order valence-corrected chi connectivity index (χ2v) is 4.68. The Morgan fingerprint density at radius 1 is 1.29 bits per heavy atom. The van der Waals surface area contributed by atoms with E-state index in [0.717, 1.165) is 28.6 Å². The molecule has 5 heteroatoms. The summed E-state index contributed by atoms with van der Waals surface area (Å²) in [6.07, 6.45) is 0.729. The summed E-state index contributed by atoms with van der Waals surface area (Å²) in [5.74, 6) is -0.834. The minimum atomic E-state index is -0.496. The third-order valence-electron chi connectivity index (χ3n) is 3.39. The van der Waals surface area contributed by atoms with Crippen LogP contribution in [0.2, 0.25) is 0 Å². The molecule has 0 saturated carbocycles. The van der Waals surface area contributed by atoms with Crippen molar-refractivity contribution in [3.05, 3.63) is 41.1 Å². The van der Waals surface area contributed by atoms with Gasteiger partial charge in [0.25, 0.3) is 5.91 Å². The van der Waals surface area contributed by atoms with Gasteiger partial charge in [0.15, 0.2) is 6.61 Å². The molecule has 0 unspecified atom stereocenters. The summed E-state index contributed by atoms with van der Waals surface area (Å²) in [5.41, 5.74) is 2.91. The van der Waals surface area contributed by atoms with Crippen molar-refractivity contribution in [1.82, 2.24) is 10.3 Å². The molecule has 0 aliphatic rings. The Balaban J connectivity index is 2.48. The number of rotatable bonds is 4. The fourth-order valence-electron chi connectivity index (χ4n) is 2.24. The van der Waals surface area contributed by atoms with E-state index in [-0.39, 0.29) is 12.5 Å². The smallest absolute Gasteiger partial charge is 0.339 e. The number of nitrogens with one attached hydrogen (secondary N) is 1. The van der Waals surface area contributed by atoms with Crippen molar-refractivity contribution >= 4 is 22.8 Å². The Labute approximate surface area is 123 Å². The van der Waals surface area contributed by atoms with Crippen LogP contribution >= 0.6 is 0 Å². The monoisotopic (exact) mass is 286 g/mol. The van der Waals surface area contributed by atoms with Crippen LogP contribution in [0.4, 0.5) is 0 Å². The second-order valence-electron chi connectivity index (χ2n) is 4.68. The number of esters is 1. The number of aromatic nitrogens is 1. The number of hydrogen-bond donors (Lipinski definition) is 1. The van der Waals surface area contributed by atoms with E-state index >= 15 is 0 Å². The highest BCUT2D eigenvalue weighted by molar-refractivity contribution is 6.05. The van der Waals surface area contributed by atoms with Crippen molar-refractivity contribution in [3.63, 3.8) is 0 Å². The van der Waals surface area contributed by atoms with Crippen LogP contribution in [-0.2, 0) is 16.0 Å². The highest BCUT2D eigenvalue weighted by Crippen LogP contribution is 2.24. The average molecular weight is 286 g/mol. The molecule has 2 aromatic rings. The SMILES string of the molecule is CCc1nc2ccccc2c(C(=O)OCC(=O)NC)c1C. The maximum atomic E-state index is 12.3.